The van der Waals surface area contributed by atoms with Crippen LogP contribution in [0.3, 0.4) is 0 Å². The molecule has 1 aromatic carbocycles. The monoisotopic (exact) mass is 147 g/mol. The van der Waals surface area contributed by atoms with Crippen LogP contribution in [0.4, 0.5) is 0 Å². The van der Waals surface area contributed by atoms with Crippen LogP contribution in [-0.4, -0.2) is 10.2 Å². The van der Waals surface area contributed by atoms with Crippen LogP contribution in [0.1, 0.15) is 0 Å². The average Bonchev–Trinajstić information content (AvgIpc) is 2.04. The first-order valence-electron chi connectivity index (χ1n) is 3.18. The molecule has 0 N–H and O–H groups in total. The molecule has 0 saturated carbocycles. The van der Waals surface area contributed by atoms with Crippen LogP contribution in [0.15, 0.2) is 30.5 Å². The zero-order valence-corrected chi connectivity index (χ0v) is 5.64. The first-order valence-corrected chi connectivity index (χ1v) is 3.18. The first kappa shape index (κ1) is 6.03. The van der Waals surface area contributed by atoms with E-state index in [2.05, 4.69) is 10.2 Å². The molecule has 4 heteroatoms. The van der Waals surface area contributed by atoms with Crippen molar-refractivity contribution < 1.29 is 4.96 Å². The Labute approximate surface area is 62.7 Å². The predicted octanol–water partition coefficient (Wildman–Crippen LogP) is 0.263. The molecule has 11 heavy (non-hydrogen) atoms. The highest BCUT2D eigenvalue weighted by atomic mass is 16.5. The summed E-state index contributed by atoms with van der Waals surface area (Å²) in [5.41, 5.74) is 0.664. The van der Waals surface area contributed by atoms with Crippen LogP contribution in [0.25, 0.3) is 10.9 Å². The summed E-state index contributed by atoms with van der Waals surface area (Å²) in [5.74, 6) is 0. The second kappa shape index (κ2) is 2.16. The van der Waals surface area contributed by atoms with Crippen molar-refractivity contribution in [3.05, 3.63) is 35.7 Å². The Hall–Kier alpha value is -1.71. The fraction of sp³-hybridized carbons (Fsp3) is 0. The van der Waals surface area contributed by atoms with Crippen molar-refractivity contribution >= 4 is 10.9 Å². The Bertz CT molecular complexity index is 388. The minimum Gasteiger partial charge on any atom is -0.569 e. The minimum absolute atomic E-state index is 0.308. The summed E-state index contributed by atoms with van der Waals surface area (Å²) < 4.78 is 0. The van der Waals surface area contributed by atoms with Crippen molar-refractivity contribution in [1.29, 1.82) is 0 Å². The quantitative estimate of drug-likeness (QED) is 0.397. The molecule has 0 saturated heterocycles. The molecule has 0 aliphatic carbocycles. The second-order valence-corrected chi connectivity index (χ2v) is 2.16. The van der Waals surface area contributed by atoms with E-state index >= 15 is 0 Å². The van der Waals surface area contributed by atoms with E-state index in [-0.39, 0.29) is 0 Å². The van der Waals surface area contributed by atoms with Gasteiger partial charge in [0.1, 0.15) is 11.7 Å². The van der Waals surface area contributed by atoms with Gasteiger partial charge in [0.15, 0.2) is 0 Å². The van der Waals surface area contributed by atoms with Crippen molar-refractivity contribution in [2.45, 2.75) is 0 Å². The van der Waals surface area contributed by atoms with E-state index in [4.69, 9.17) is 0 Å². The van der Waals surface area contributed by atoms with E-state index in [0.717, 1.165) is 5.39 Å². The fourth-order valence-electron chi connectivity index (χ4n) is 0.917. The number of hydrogen-bond acceptors (Lipinski definition) is 3. The third-order valence-electron chi connectivity index (χ3n) is 1.43. The van der Waals surface area contributed by atoms with E-state index in [1.807, 2.05) is 18.2 Å². The molecule has 2 rings (SSSR count). The molecule has 4 nitrogen and oxygen atoms in total. The van der Waals surface area contributed by atoms with Gasteiger partial charge in [0.05, 0.1) is 4.96 Å². The second-order valence-electron chi connectivity index (χ2n) is 2.16. The van der Waals surface area contributed by atoms with Gasteiger partial charge in [-0.2, -0.15) is 0 Å². The van der Waals surface area contributed by atoms with Gasteiger partial charge in [-0.15, -0.1) is 0 Å². The molecule has 0 aliphatic rings. The maximum Gasteiger partial charge on any atom is 0.144 e. The van der Waals surface area contributed by atoms with E-state index in [9.17, 15) is 5.21 Å². The first-order chi connectivity index (χ1) is 5.36. The minimum atomic E-state index is 0.308. The molecule has 1 aromatic heterocycles. The maximum atomic E-state index is 10.6. The summed E-state index contributed by atoms with van der Waals surface area (Å²) in [4.78, 5) is 0.308. The zero-order valence-electron chi connectivity index (χ0n) is 5.64. The number of hydrogen-bond donors (Lipinski definition) is 0. The maximum absolute atomic E-state index is 10.6. The van der Waals surface area contributed by atoms with Gasteiger partial charge in [-0.25, -0.2) is 0 Å². The lowest BCUT2D eigenvalue weighted by Gasteiger charge is -1.91. The van der Waals surface area contributed by atoms with Crippen molar-refractivity contribution in [2.24, 2.45) is 0 Å². The van der Waals surface area contributed by atoms with Crippen LogP contribution in [-0.2, 0) is 0 Å². The van der Waals surface area contributed by atoms with Gasteiger partial charge in [0, 0.05) is 15.6 Å². The highest BCUT2D eigenvalue weighted by molar-refractivity contribution is 5.75. The lowest BCUT2D eigenvalue weighted by atomic mass is 10.2. The third-order valence-corrected chi connectivity index (χ3v) is 1.43. The molecule has 0 bridgehead atoms. The van der Waals surface area contributed by atoms with Gasteiger partial charge in [-0.1, -0.05) is 18.2 Å². The van der Waals surface area contributed by atoms with Crippen molar-refractivity contribution in [3.8, 4) is 0 Å². The predicted molar refractivity (Wildman–Crippen MR) is 38.5 cm³/mol. The standard InChI is InChI=1S/C7H5N3O/c11-10-8-5-6-3-1-2-4-7(6)9-10/h1-5H. The molecular formula is C7H5N3O. The number of fused-ring (bicyclic) bond motifs is 1. The normalized spacial score (nSPS) is 10.2. The van der Waals surface area contributed by atoms with Gasteiger partial charge in [0.25, 0.3) is 0 Å². The Balaban J connectivity index is 2.83. The highest BCUT2D eigenvalue weighted by Crippen LogP contribution is 2.04. The van der Waals surface area contributed by atoms with E-state index in [1.165, 1.54) is 6.20 Å². The van der Waals surface area contributed by atoms with Crippen molar-refractivity contribution in [2.75, 3.05) is 0 Å². The highest BCUT2D eigenvalue weighted by Gasteiger charge is 1.97. The topological polar surface area (TPSA) is 52.7 Å². The summed E-state index contributed by atoms with van der Waals surface area (Å²) in [5, 5.41) is 18.5. The Morgan fingerprint density at radius 1 is 1.27 bits per heavy atom. The average molecular weight is 147 g/mol. The van der Waals surface area contributed by atoms with Crippen molar-refractivity contribution in [1.82, 2.24) is 10.2 Å². The van der Waals surface area contributed by atoms with Gasteiger partial charge >= 0.3 is 0 Å². The molecule has 0 unspecified atom stereocenters. The Kier molecular flexibility index (Phi) is 1.18. The molecule has 54 valence electrons. The molecule has 0 aliphatic heterocycles. The lowest BCUT2D eigenvalue weighted by molar-refractivity contribution is -0.726. The van der Waals surface area contributed by atoms with Gasteiger partial charge in [-0.3, -0.25) is 0 Å². The largest absolute Gasteiger partial charge is 0.569 e. The van der Waals surface area contributed by atoms with Crippen LogP contribution in [0.2, 0.25) is 0 Å². The molecule has 0 spiro atoms. The molecule has 2 aromatic rings. The number of rotatable bonds is 0. The number of benzene rings is 1. The Morgan fingerprint density at radius 2 is 2.09 bits per heavy atom. The summed E-state index contributed by atoms with van der Waals surface area (Å²) in [6.07, 6.45) is 1.50. The molecule has 0 amide bonds. The summed E-state index contributed by atoms with van der Waals surface area (Å²) >= 11 is 0. The van der Waals surface area contributed by atoms with E-state index in [0.29, 0.717) is 10.5 Å². The van der Waals surface area contributed by atoms with Crippen LogP contribution < -0.4 is 4.96 Å². The summed E-state index contributed by atoms with van der Waals surface area (Å²) in [6.45, 7) is 0. The molecule has 0 fully saturated rings. The van der Waals surface area contributed by atoms with Crippen LogP contribution in [0.5, 0.6) is 0 Å². The fourth-order valence-corrected chi connectivity index (χ4v) is 0.917. The number of aromatic nitrogens is 3. The lowest BCUT2D eigenvalue weighted by Crippen LogP contribution is -2.34. The van der Waals surface area contributed by atoms with Gasteiger partial charge in [-0.05, 0) is 6.07 Å². The zero-order chi connectivity index (χ0) is 7.68. The van der Waals surface area contributed by atoms with E-state index < -0.39 is 0 Å². The molecular weight excluding hydrogens is 142 g/mol. The van der Waals surface area contributed by atoms with Crippen LogP contribution >= 0.6 is 0 Å². The van der Waals surface area contributed by atoms with E-state index in [1.54, 1.807) is 6.07 Å². The molecule has 0 radical (unpaired) electrons. The summed E-state index contributed by atoms with van der Waals surface area (Å²) in [6, 6.07) is 7.33. The Morgan fingerprint density at radius 3 is 3.00 bits per heavy atom. The number of nitrogens with zero attached hydrogens (tertiary/aromatic N) is 3. The summed E-state index contributed by atoms with van der Waals surface area (Å²) in [7, 11) is 0. The van der Waals surface area contributed by atoms with Crippen LogP contribution in [0, 0.1) is 5.21 Å². The SMILES string of the molecule is [O-][n+]1ncc2ccccc2n1. The third kappa shape index (κ3) is 0.980. The van der Waals surface area contributed by atoms with Gasteiger partial charge in [0.2, 0.25) is 0 Å². The molecule has 1 heterocycles. The molecule has 0 atom stereocenters. The van der Waals surface area contributed by atoms with Crippen molar-refractivity contribution in [3.63, 3.8) is 0 Å². The van der Waals surface area contributed by atoms with Gasteiger partial charge < -0.3 is 5.21 Å². The smallest absolute Gasteiger partial charge is 0.144 e.